The van der Waals surface area contributed by atoms with Gasteiger partial charge in [-0.1, -0.05) is 6.07 Å². The number of hydrogen-bond acceptors (Lipinski definition) is 3. The van der Waals surface area contributed by atoms with Gasteiger partial charge in [-0.15, -0.1) is 0 Å². The van der Waals surface area contributed by atoms with Crippen molar-refractivity contribution in [2.24, 2.45) is 7.05 Å². The summed E-state index contributed by atoms with van der Waals surface area (Å²) < 4.78 is 15.5. The van der Waals surface area contributed by atoms with Crippen LogP contribution in [0.3, 0.4) is 0 Å². The number of carbonyl (C=O) groups excluding carboxylic acids is 1. The molecule has 28 heavy (non-hydrogen) atoms. The van der Waals surface area contributed by atoms with Crippen LogP contribution in [0.4, 0.5) is 10.1 Å². The van der Waals surface area contributed by atoms with Crippen LogP contribution in [0.2, 0.25) is 0 Å². The van der Waals surface area contributed by atoms with E-state index < -0.39 is 0 Å². The van der Waals surface area contributed by atoms with Crippen LogP contribution >= 0.6 is 0 Å². The first-order valence-corrected chi connectivity index (χ1v) is 10.3. The van der Waals surface area contributed by atoms with Crippen molar-refractivity contribution in [2.45, 2.75) is 19.3 Å². The smallest absolute Gasteiger partial charge is 0.255 e. The number of aromatic nitrogens is 1. The molecule has 1 amide bonds. The fraction of sp³-hybridized carbons (Fsp3) is 0.500. The first-order valence-electron chi connectivity index (χ1n) is 10.3. The fourth-order valence-corrected chi connectivity index (χ4v) is 4.38. The van der Waals surface area contributed by atoms with Crippen LogP contribution in [0, 0.1) is 5.82 Å². The summed E-state index contributed by atoms with van der Waals surface area (Å²) in [7, 11) is 2.02. The summed E-state index contributed by atoms with van der Waals surface area (Å²) in [4.78, 5) is 19.5. The molecule has 1 aromatic carbocycles. The highest BCUT2D eigenvalue weighted by molar-refractivity contribution is 5.95. The minimum absolute atomic E-state index is 0.177. The summed E-state index contributed by atoms with van der Waals surface area (Å²) >= 11 is 0. The molecular formula is C22H29FN4O. The minimum atomic E-state index is -0.177. The van der Waals surface area contributed by atoms with Gasteiger partial charge in [0.1, 0.15) is 5.82 Å². The van der Waals surface area contributed by atoms with Gasteiger partial charge in [-0.3, -0.25) is 9.69 Å². The van der Waals surface area contributed by atoms with Gasteiger partial charge in [0.2, 0.25) is 0 Å². The lowest BCUT2D eigenvalue weighted by Crippen LogP contribution is -2.47. The first-order chi connectivity index (χ1) is 13.6. The summed E-state index contributed by atoms with van der Waals surface area (Å²) in [5, 5.41) is 0. The number of amides is 1. The summed E-state index contributed by atoms with van der Waals surface area (Å²) in [5.74, 6) is 0.00708. The van der Waals surface area contributed by atoms with Gasteiger partial charge in [-0.05, 0) is 50.1 Å². The zero-order valence-electron chi connectivity index (χ0n) is 16.6. The van der Waals surface area contributed by atoms with Crippen LogP contribution in [0.25, 0.3) is 0 Å². The molecule has 150 valence electrons. The Hall–Kier alpha value is -2.34. The van der Waals surface area contributed by atoms with E-state index >= 15 is 0 Å². The average Bonchev–Trinajstić information content (AvgIpc) is 2.99. The van der Waals surface area contributed by atoms with Crippen molar-refractivity contribution in [1.82, 2.24) is 14.4 Å². The standard InChI is InChI=1S/C22H29FN4O/c1-24-12-8-20-21(24)7-3-10-27(22(20)28)11-4-9-25-13-15-26(16-14-25)19-6-2-5-18(23)17-19/h2,5-6,8,12,17H,3-4,7,9-11,13-16H2,1H3. The second-order valence-electron chi connectivity index (χ2n) is 7.84. The third kappa shape index (κ3) is 4.07. The molecule has 0 spiro atoms. The first kappa shape index (κ1) is 19.0. The minimum Gasteiger partial charge on any atom is -0.369 e. The summed E-state index contributed by atoms with van der Waals surface area (Å²) in [6.07, 6.45) is 4.99. The number of anilines is 1. The predicted octanol–water partition coefficient (Wildman–Crippen LogP) is 2.76. The maximum atomic E-state index is 13.4. The number of piperazine rings is 1. The van der Waals surface area contributed by atoms with Crippen LogP contribution in [-0.4, -0.2) is 66.1 Å². The second kappa shape index (κ2) is 8.35. The normalized spacial score (nSPS) is 18.3. The summed E-state index contributed by atoms with van der Waals surface area (Å²) in [5.41, 5.74) is 3.01. The molecule has 1 aromatic heterocycles. The molecule has 0 bridgehead atoms. The lowest BCUT2D eigenvalue weighted by atomic mass is 10.2. The SMILES string of the molecule is Cn1ccc2c1CCCN(CCCN1CCN(c3cccc(F)c3)CC1)C2=O. The zero-order valence-corrected chi connectivity index (χ0v) is 16.6. The highest BCUT2D eigenvalue weighted by atomic mass is 19.1. The molecule has 0 unspecified atom stereocenters. The molecule has 6 heteroatoms. The van der Waals surface area contributed by atoms with Crippen molar-refractivity contribution in [3.8, 4) is 0 Å². The van der Waals surface area contributed by atoms with Gasteiger partial charge < -0.3 is 14.4 Å². The molecule has 0 saturated carbocycles. The highest BCUT2D eigenvalue weighted by Crippen LogP contribution is 2.20. The van der Waals surface area contributed by atoms with Gasteiger partial charge in [0, 0.05) is 63.9 Å². The van der Waals surface area contributed by atoms with Crippen LogP contribution in [-0.2, 0) is 13.5 Å². The Labute approximate surface area is 166 Å². The number of aryl methyl sites for hydroxylation is 1. The van der Waals surface area contributed by atoms with Crippen molar-refractivity contribution < 1.29 is 9.18 Å². The van der Waals surface area contributed by atoms with E-state index in [0.717, 1.165) is 76.3 Å². The molecular weight excluding hydrogens is 355 g/mol. The Morgan fingerprint density at radius 3 is 2.64 bits per heavy atom. The van der Waals surface area contributed by atoms with Crippen molar-refractivity contribution >= 4 is 11.6 Å². The maximum absolute atomic E-state index is 13.4. The molecule has 1 saturated heterocycles. The van der Waals surface area contributed by atoms with E-state index in [4.69, 9.17) is 0 Å². The van der Waals surface area contributed by atoms with E-state index in [2.05, 4.69) is 14.4 Å². The third-order valence-electron chi connectivity index (χ3n) is 6.01. The summed E-state index contributed by atoms with van der Waals surface area (Å²) in [6.45, 7) is 6.46. The second-order valence-corrected chi connectivity index (χ2v) is 7.84. The number of rotatable bonds is 5. The van der Waals surface area contributed by atoms with Gasteiger partial charge >= 0.3 is 0 Å². The molecule has 0 aliphatic carbocycles. The number of carbonyl (C=O) groups is 1. The van der Waals surface area contributed by atoms with Crippen LogP contribution in [0.1, 0.15) is 28.9 Å². The topological polar surface area (TPSA) is 31.7 Å². The van der Waals surface area contributed by atoms with Crippen molar-refractivity contribution in [1.29, 1.82) is 0 Å². The van der Waals surface area contributed by atoms with E-state index in [0.29, 0.717) is 0 Å². The predicted molar refractivity (Wildman–Crippen MR) is 109 cm³/mol. The molecule has 0 atom stereocenters. The highest BCUT2D eigenvalue weighted by Gasteiger charge is 2.24. The Kier molecular flexibility index (Phi) is 5.67. The molecule has 5 nitrogen and oxygen atoms in total. The van der Waals surface area contributed by atoms with Gasteiger partial charge in [-0.2, -0.15) is 0 Å². The quantitative estimate of drug-likeness (QED) is 0.795. The molecule has 2 aliphatic rings. The Bertz CT molecular complexity index is 826. The number of hydrogen-bond donors (Lipinski definition) is 0. The van der Waals surface area contributed by atoms with Crippen molar-refractivity contribution in [3.05, 3.63) is 53.6 Å². The van der Waals surface area contributed by atoms with Crippen LogP contribution < -0.4 is 4.90 Å². The lowest BCUT2D eigenvalue weighted by molar-refractivity contribution is 0.0752. The van der Waals surface area contributed by atoms with Crippen molar-refractivity contribution in [2.75, 3.05) is 50.7 Å². The van der Waals surface area contributed by atoms with Gasteiger partial charge in [0.25, 0.3) is 5.91 Å². The lowest BCUT2D eigenvalue weighted by Gasteiger charge is -2.36. The largest absolute Gasteiger partial charge is 0.369 e. The molecule has 0 radical (unpaired) electrons. The summed E-state index contributed by atoms with van der Waals surface area (Å²) in [6, 6.07) is 8.80. The van der Waals surface area contributed by atoms with Crippen LogP contribution in [0.5, 0.6) is 0 Å². The molecule has 4 rings (SSSR count). The molecule has 1 fully saturated rings. The van der Waals surface area contributed by atoms with E-state index in [-0.39, 0.29) is 11.7 Å². The van der Waals surface area contributed by atoms with Crippen molar-refractivity contribution in [3.63, 3.8) is 0 Å². The van der Waals surface area contributed by atoms with E-state index in [1.165, 1.54) is 11.8 Å². The number of halogens is 1. The Balaban J connectivity index is 1.24. The molecule has 2 aliphatic heterocycles. The van der Waals surface area contributed by atoms with E-state index in [9.17, 15) is 9.18 Å². The van der Waals surface area contributed by atoms with Gasteiger partial charge in [0.15, 0.2) is 0 Å². The van der Waals surface area contributed by atoms with Gasteiger partial charge in [-0.25, -0.2) is 4.39 Å². The van der Waals surface area contributed by atoms with Gasteiger partial charge in [0.05, 0.1) is 5.56 Å². The van der Waals surface area contributed by atoms with E-state index in [1.54, 1.807) is 12.1 Å². The molecule has 2 aromatic rings. The number of benzene rings is 1. The number of nitrogens with zero attached hydrogens (tertiary/aromatic N) is 4. The van der Waals surface area contributed by atoms with E-state index in [1.807, 2.05) is 30.3 Å². The zero-order chi connectivity index (χ0) is 19.5. The fourth-order valence-electron chi connectivity index (χ4n) is 4.38. The van der Waals surface area contributed by atoms with Crippen LogP contribution in [0.15, 0.2) is 36.5 Å². The monoisotopic (exact) mass is 384 g/mol. The molecule has 3 heterocycles. The Morgan fingerprint density at radius 2 is 1.86 bits per heavy atom. The average molecular weight is 384 g/mol. The number of fused-ring (bicyclic) bond motifs is 1. The maximum Gasteiger partial charge on any atom is 0.255 e. The molecule has 0 N–H and O–H groups in total. The third-order valence-corrected chi connectivity index (χ3v) is 6.01. The Morgan fingerprint density at radius 1 is 1.04 bits per heavy atom.